The van der Waals surface area contributed by atoms with Crippen molar-refractivity contribution in [1.82, 2.24) is 5.32 Å². The summed E-state index contributed by atoms with van der Waals surface area (Å²) in [6.45, 7) is 5.87. The van der Waals surface area contributed by atoms with E-state index in [0.29, 0.717) is 5.56 Å². The zero-order valence-electron chi connectivity index (χ0n) is 9.70. The van der Waals surface area contributed by atoms with Gasteiger partial charge < -0.3 is 0 Å². The van der Waals surface area contributed by atoms with E-state index in [2.05, 4.69) is 5.32 Å². The molecule has 1 unspecified atom stereocenters. The van der Waals surface area contributed by atoms with Gasteiger partial charge >= 0.3 is 0 Å². The van der Waals surface area contributed by atoms with Crippen LogP contribution in [0, 0.1) is 5.92 Å². The number of fused-ring (bicyclic) bond motifs is 1. The molecule has 84 valence electrons. The smallest absolute Gasteiger partial charge is 0.258 e. The molecule has 0 spiro atoms. The summed E-state index contributed by atoms with van der Waals surface area (Å²) in [6, 6.07) is 7.31. The van der Waals surface area contributed by atoms with Crippen LogP contribution in [0.2, 0.25) is 0 Å². The molecule has 2 rings (SSSR count). The third kappa shape index (κ3) is 1.28. The van der Waals surface area contributed by atoms with Crippen molar-refractivity contribution in [3.05, 3.63) is 35.4 Å². The number of amides is 2. The quantitative estimate of drug-likeness (QED) is 0.730. The molecule has 0 fully saturated rings. The van der Waals surface area contributed by atoms with Gasteiger partial charge in [-0.3, -0.25) is 14.9 Å². The lowest BCUT2D eigenvalue weighted by Crippen LogP contribution is -2.53. The molecule has 0 saturated carbocycles. The summed E-state index contributed by atoms with van der Waals surface area (Å²) in [4.78, 5) is 23.7. The second-order valence-electron chi connectivity index (χ2n) is 4.69. The van der Waals surface area contributed by atoms with E-state index in [4.69, 9.17) is 0 Å². The predicted molar refractivity (Wildman–Crippen MR) is 61.1 cm³/mol. The third-order valence-electron chi connectivity index (χ3n) is 3.58. The molecule has 16 heavy (non-hydrogen) atoms. The van der Waals surface area contributed by atoms with Crippen molar-refractivity contribution >= 4 is 11.8 Å². The molecular weight excluding hydrogens is 202 g/mol. The fourth-order valence-electron chi connectivity index (χ4n) is 2.13. The standard InChI is InChI=1S/C13H15NO2/c1-8(2)13(3)10-7-5-4-6-9(10)11(15)14-12(13)16/h4-8H,1-3H3,(H,14,15,16). The number of carbonyl (C=O) groups excluding carboxylic acids is 2. The number of hydrogen-bond donors (Lipinski definition) is 1. The minimum Gasteiger partial charge on any atom is -0.292 e. The molecule has 0 saturated heterocycles. The molecule has 0 bridgehead atoms. The summed E-state index contributed by atoms with van der Waals surface area (Å²) in [5, 5.41) is 2.43. The summed E-state index contributed by atoms with van der Waals surface area (Å²) in [5.74, 6) is -0.355. The number of rotatable bonds is 1. The second kappa shape index (κ2) is 3.44. The van der Waals surface area contributed by atoms with Crippen LogP contribution < -0.4 is 5.32 Å². The van der Waals surface area contributed by atoms with Crippen molar-refractivity contribution in [2.75, 3.05) is 0 Å². The number of hydrogen-bond acceptors (Lipinski definition) is 2. The lowest BCUT2D eigenvalue weighted by Gasteiger charge is -2.37. The van der Waals surface area contributed by atoms with Crippen LogP contribution in [0.4, 0.5) is 0 Å². The maximum absolute atomic E-state index is 12.0. The highest BCUT2D eigenvalue weighted by Crippen LogP contribution is 2.36. The predicted octanol–water partition coefficient (Wildman–Crippen LogP) is 1.87. The molecule has 2 amide bonds. The first-order valence-electron chi connectivity index (χ1n) is 5.43. The van der Waals surface area contributed by atoms with Crippen molar-refractivity contribution in [3.63, 3.8) is 0 Å². The largest absolute Gasteiger partial charge is 0.292 e. The lowest BCUT2D eigenvalue weighted by atomic mass is 9.69. The average Bonchev–Trinajstić information content (AvgIpc) is 2.26. The Balaban J connectivity index is 2.69. The van der Waals surface area contributed by atoms with E-state index in [1.165, 1.54) is 0 Å². The number of nitrogens with one attached hydrogen (secondary N) is 1. The summed E-state index contributed by atoms with van der Waals surface area (Å²) in [7, 11) is 0. The Bertz CT molecular complexity index is 465. The fourth-order valence-corrected chi connectivity index (χ4v) is 2.13. The Morgan fingerprint density at radius 2 is 1.81 bits per heavy atom. The van der Waals surface area contributed by atoms with Gasteiger partial charge in [-0.15, -0.1) is 0 Å². The molecule has 1 atom stereocenters. The number of imide groups is 1. The van der Waals surface area contributed by atoms with Crippen LogP contribution in [0.15, 0.2) is 24.3 Å². The Kier molecular flexibility index (Phi) is 2.34. The zero-order valence-corrected chi connectivity index (χ0v) is 9.70. The number of benzene rings is 1. The van der Waals surface area contributed by atoms with E-state index in [9.17, 15) is 9.59 Å². The molecule has 0 radical (unpaired) electrons. The summed E-state index contributed by atoms with van der Waals surface area (Å²) in [5.41, 5.74) is 0.821. The Morgan fingerprint density at radius 3 is 2.44 bits per heavy atom. The van der Waals surface area contributed by atoms with Gasteiger partial charge in [-0.25, -0.2) is 0 Å². The van der Waals surface area contributed by atoms with E-state index in [1.807, 2.05) is 39.0 Å². The van der Waals surface area contributed by atoms with Crippen LogP contribution in [-0.2, 0) is 10.2 Å². The van der Waals surface area contributed by atoms with Crippen molar-refractivity contribution < 1.29 is 9.59 Å². The Labute approximate surface area is 94.9 Å². The van der Waals surface area contributed by atoms with Gasteiger partial charge in [-0.05, 0) is 24.5 Å². The van der Waals surface area contributed by atoms with Crippen LogP contribution in [0.3, 0.4) is 0 Å². The van der Waals surface area contributed by atoms with E-state index in [-0.39, 0.29) is 17.7 Å². The molecule has 0 aromatic heterocycles. The van der Waals surface area contributed by atoms with Crippen LogP contribution in [0.1, 0.15) is 36.7 Å². The average molecular weight is 217 g/mol. The summed E-state index contributed by atoms with van der Waals surface area (Å²) >= 11 is 0. The molecule has 1 heterocycles. The van der Waals surface area contributed by atoms with Crippen molar-refractivity contribution in [3.8, 4) is 0 Å². The van der Waals surface area contributed by atoms with Crippen LogP contribution in [-0.4, -0.2) is 11.8 Å². The van der Waals surface area contributed by atoms with Crippen molar-refractivity contribution in [2.24, 2.45) is 5.92 Å². The molecule has 1 aliphatic rings. The molecule has 1 N–H and O–H groups in total. The molecule has 1 aromatic carbocycles. The summed E-state index contributed by atoms with van der Waals surface area (Å²) < 4.78 is 0. The first-order valence-corrected chi connectivity index (χ1v) is 5.43. The fraction of sp³-hybridized carbons (Fsp3) is 0.385. The van der Waals surface area contributed by atoms with E-state index in [1.54, 1.807) is 6.07 Å². The van der Waals surface area contributed by atoms with Crippen LogP contribution in [0.25, 0.3) is 0 Å². The first-order chi connectivity index (χ1) is 7.48. The summed E-state index contributed by atoms with van der Waals surface area (Å²) in [6.07, 6.45) is 0. The minimum atomic E-state index is -0.621. The van der Waals surface area contributed by atoms with E-state index < -0.39 is 5.41 Å². The molecule has 1 aliphatic heterocycles. The second-order valence-corrected chi connectivity index (χ2v) is 4.69. The lowest BCUT2D eigenvalue weighted by molar-refractivity contribution is -0.127. The van der Waals surface area contributed by atoms with Crippen molar-refractivity contribution in [1.29, 1.82) is 0 Å². The molecule has 1 aromatic rings. The maximum atomic E-state index is 12.0. The monoisotopic (exact) mass is 217 g/mol. The highest BCUT2D eigenvalue weighted by molar-refractivity contribution is 6.13. The van der Waals surface area contributed by atoms with E-state index >= 15 is 0 Å². The highest BCUT2D eigenvalue weighted by Gasteiger charge is 2.44. The van der Waals surface area contributed by atoms with Gasteiger partial charge in [-0.2, -0.15) is 0 Å². The molecular formula is C13H15NO2. The highest BCUT2D eigenvalue weighted by atomic mass is 16.2. The van der Waals surface area contributed by atoms with Gasteiger partial charge in [0, 0.05) is 5.56 Å². The van der Waals surface area contributed by atoms with Gasteiger partial charge in [0.25, 0.3) is 5.91 Å². The maximum Gasteiger partial charge on any atom is 0.258 e. The first kappa shape index (κ1) is 10.9. The van der Waals surface area contributed by atoms with Crippen molar-refractivity contribution in [2.45, 2.75) is 26.2 Å². The van der Waals surface area contributed by atoms with Gasteiger partial charge in [0.1, 0.15) is 0 Å². The van der Waals surface area contributed by atoms with Gasteiger partial charge in [-0.1, -0.05) is 32.0 Å². The van der Waals surface area contributed by atoms with Crippen LogP contribution >= 0.6 is 0 Å². The van der Waals surface area contributed by atoms with Gasteiger partial charge in [0.05, 0.1) is 5.41 Å². The van der Waals surface area contributed by atoms with Crippen LogP contribution in [0.5, 0.6) is 0 Å². The van der Waals surface area contributed by atoms with Gasteiger partial charge in [0.2, 0.25) is 5.91 Å². The number of carbonyl (C=O) groups is 2. The molecule has 3 nitrogen and oxygen atoms in total. The SMILES string of the molecule is CC(C)C1(C)C(=O)NC(=O)c2ccccc21. The van der Waals surface area contributed by atoms with Gasteiger partial charge in [0.15, 0.2) is 0 Å². The molecule has 3 heteroatoms. The minimum absolute atomic E-state index is 0.141. The Morgan fingerprint density at radius 1 is 1.19 bits per heavy atom. The van der Waals surface area contributed by atoms with E-state index in [0.717, 1.165) is 5.56 Å². The normalized spacial score (nSPS) is 24.2. The Hall–Kier alpha value is -1.64. The molecule has 0 aliphatic carbocycles. The third-order valence-corrected chi connectivity index (χ3v) is 3.58. The topological polar surface area (TPSA) is 46.2 Å². The zero-order chi connectivity index (χ0) is 11.9.